The summed E-state index contributed by atoms with van der Waals surface area (Å²) in [6.45, 7) is 1.94. The second-order valence-corrected chi connectivity index (χ2v) is 8.38. The maximum Gasteiger partial charge on any atom is 0.231 e. The van der Waals surface area contributed by atoms with E-state index in [1.54, 1.807) is 24.6 Å². The smallest absolute Gasteiger partial charge is 0.231 e. The van der Waals surface area contributed by atoms with Gasteiger partial charge in [0, 0.05) is 38.8 Å². The highest BCUT2D eigenvalue weighted by Crippen LogP contribution is 2.44. The zero-order valence-corrected chi connectivity index (χ0v) is 16.5. The van der Waals surface area contributed by atoms with Gasteiger partial charge < -0.3 is 5.73 Å². The summed E-state index contributed by atoms with van der Waals surface area (Å²) in [5.41, 5.74) is 6.25. The molecular formula is C15H14Br2N4OS. The first-order valence-corrected chi connectivity index (χ1v) is 9.23. The van der Waals surface area contributed by atoms with Crippen LogP contribution in [-0.2, 0) is 10.3 Å². The molecule has 0 unspecified atom stereocenters. The molecule has 2 aromatic rings. The Labute approximate surface area is 154 Å². The van der Waals surface area contributed by atoms with Gasteiger partial charge in [0.25, 0.3) is 0 Å². The SMILES string of the molecule is CN1C(=O)C[C@@](C)(c2cc(Br)c(-c3cncc(Br)c3)s2)N=C1N. The fourth-order valence-electron chi connectivity index (χ4n) is 2.42. The van der Waals surface area contributed by atoms with Gasteiger partial charge in [-0.05, 0) is 50.9 Å². The van der Waals surface area contributed by atoms with Crippen molar-refractivity contribution in [2.45, 2.75) is 18.9 Å². The van der Waals surface area contributed by atoms with Crippen molar-refractivity contribution >= 4 is 55.1 Å². The lowest BCUT2D eigenvalue weighted by molar-refractivity contribution is -0.128. The summed E-state index contributed by atoms with van der Waals surface area (Å²) in [4.78, 5) is 24.3. The Bertz CT molecular complexity index is 820. The number of pyridine rings is 1. The first-order chi connectivity index (χ1) is 10.8. The van der Waals surface area contributed by atoms with E-state index in [2.05, 4.69) is 41.8 Å². The number of nitrogens with two attached hydrogens (primary N) is 1. The van der Waals surface area contributed by atoms with Gasteiger partial charge >= 0.3 is 0 Å². The number of amides is 1. The average molecular weight is 458 g/mol. The standard InChI is InChI=1S/C15H14Br2N4OS/c1-15(5-12(22)21(2)14(18)20-15)11-4-10(17)13(23-11)8-3-9(16)7-19-6-8/h3-4,6-7H,5H2,1-2H3,(H2,18,20)/t15-/m0/s1. The first-order valence-electron chi connectivity index (χ1n) is 6.83. The van der Waals surface area contributed by atoms with Gasteiger partial charge in [-0.1, -0.05) is 0 Å². The summed E-state index contributed by atoms with van der Waals surface area (Å²) in [6, 6.07) is 4.02. The maximum absolute atomic E-state index is 12.1. The molecule has 0 fully saturated rings. The van der Waals surface area contributed by atoms with Crippen molar-refractivity contribution in [2.75, 3.05) is 7.05 Å². The minimum absolute atomic E-state index is 0.0322. The molecule has 0 aliphatic carbocycles. The van der Waals surface area contributed by atoms with Gasteiger partial charge in [-0.2, -0.15) is 0 Å². The third-order valence-corrected chi connectivity index (χ3v) is 6.52. The topological polar surface area (TPSA) is 71.6 Å². The molecule has 0 saturated heterocycles. The van der Waals surface area contributed by atoms with E-state index in [1.165, 1.54) is 4.90 Å². The van der Waals surface area contributed by atoms with Gasteiger partial charge in [-0.3, -0.25) is 14.7 Å². The van der Waals surface area contributed by atoms with Gasteiger partial charge in [-0.15, -0.1) is 11.3 Å². The molecule has 5 nitrogen and oxygen atoms in total. The quantitative estimate of drug-likeness (QED) is 0.746. The summed E-state index contributed by atoms with van der Waals surface area (Å²) in [7, 11) is 1.64. The lowest BCUT2D eigenvalue weighted by atomic mass is 9.94. The van der Waals surface area contributed by atoms with Crippen molar-refractivity contribution in [3.8, 4) is 10.4 Å². The maximum atomic E-state index is 12.1. The highest BCUT2D eigenvalue weighted by atomic mass is 79.9. The van der Waals surface area contributed by atoms with Gasteiger partial charge in [0.2, 0.25) is 5.91 Å². The molecule has 1 aliphatic rings. The number of carbonyl (C=O) groups is 1. The molecule has 3 heterocycles. The molecular weight excluding hydrogens is 444 g/mol. The van der Waals surface area contributed by atoms with Gasteiger partial charge in [-0.25, -0.2) is 4.99 Å². The molecule has 1 atom stereocenters. The Morgan fingerprint density at radius 3 is 2.74 bits per heavy atom. The van der Waals surface area contributed by atoms with Crippen LogP contribution in [0.25, 0.3) is 10.4 Å². The number of carbonyl (C=O) groups excluding carboxylic acids is 1. The third kappa shape index (κ3) is 3.07. The lowest BCUT2D eigenvalue weighted by Crippen LogP contribution is -2.47. The normalized spacial score (nSPS) is 21.5. The van der Waals surface area contributed by atoms with E-state index in [0.29, 0.717) is 6.42 Å². The van der Waals surface area contributed by atoms with Crippen molar-refractivity contribution in [3.05, 3.63) is 38.3 Å². The molecule has 1 aliphatic heterocycles. The number of nitrogens with zero attached hydrogens (tertiary/aromatic N) is 3. The molecule has 3 rings (SSSR count). The number of aliphatic imine (C=N–C) groups is 1. The predicted octanol–water partition coefficient (Wildman–Crippen LogP) is 3.73. The molecule has 0 radical (unpaired) electrons. The van der Waals surface area contributed by atoms with Crippen LogP contribution in [0.3, 0.4) is 0 Å². The summed E-state index contributed by atoms with van der Waals surface area (Å²) in [6.07, 6.45) is 3.85. The van der Waals surface area contributed by atoms with Crippen LogP contribution in [0.5, 0.6) is 0 Å². The number of guanidine groups is 1. The Morgan fingerprint density at radius 2 is 2.09 bits per heavy atom. The largest absolute Gasteiger partial charge is 0.369 e. The van der Waals surface area contributed by atoms with Gasteiger partial charge in [0.15, 0.2) is 5.96 Å². The Kier molecular flexibility index (Phi) is 4.33. The van der Waals surface area contributed by atoms with Crippen LogP contribution in [0.4, 0.5) is 0 Å². The highest BCUT2D eigenvalue weighted by molar-refractivity contribution is 9.11. The van der Waals surface area contributed by atoms with E-state index in [-0.39, 0.29) is 11.9 Å². The first kappa shape index (κ1) is 16.6. The van der Waals surface area contributed by atoms with Crippen molar-refractivity contribution < 1.29 is 4.79 Å². The Hall–Kier alpha value is -1.25. The molecule has 120 valence electrons. The molecule has 0 bridgehead atoms. The molecule has 8 heteroatoms. The predicted molar refractivity (Wildman–Crippen MR) is 99.3 cm³/mol. The molecule has 0 saturated carbocycles. The number of rotatable bonds is 2. The van der Waals surface area contributed by atoms with E-state index in [0.717, 1.165) is 24.3 Å². The molecule has 23 heavy (non-hydrogen) atoms. The third-order valence-electron chi connectivity index (χ3n) is 3.76. The summed E-state index contributed by atoms with van der Waals surface area (Å²) < 4.78 is 1.87. The second kappa shape index (κ2) is 5.99. The van der Waals surface area contributed by atoms with Crippen molar-refractivity contribution in [1.29, 1.82) is 0 Å². The highest BCUT2D eigenvalue weighted by Gasteiger charge is 2.37. The van der Waals surface area contributed by atoms with Crippen LogP contribution in [0, 0.1) is 0 Å². The Morgan fingerprint density at radius 1 is 1.35 bits per heavy atom. The summed E-state index contributed by atoms with van der Waals surface area (Å²) in [5.74, 6) is 0.217. The molecule has 0 spiro atoms. The van der Waals surface area contributed by atoms with E-state index in [1.807, 2.05) is 25.3 Å². The van der Waals surface area contributed by atoms with Crippen molar-refractivity contribution in [3.63, 3.8) is 0 Å². The average Bonchev–Trinajstić information content (AvgIpc) is 2.87. The summed E-state index contributed by atoms with van der Waals surface area (Å²) >= 11 is 8.63. The van der Waals surface area contributed by atoms with Crippen LogP contribution in [0.2, 0.25) is 0 Å². The monoisotopic (exact) mass is 456 g/mol. The van der Waals surface area contributed by atoms with Crippen LogP contribution < -0.4 is 5.73 Å². The van der Waals surface area contributed by atoms with Crippen molar-refractivity contribution in [2.24, 2.45) is 10.7 Å². The van der Waals surface area contributed by atoms with Crippen LogP contribution in [0.15, 0.2) is 38.5 Å². The van der Waals surface area contributed by atoms with Crippen LogP contribution in [0.1, 0.15) is 18.2 Å². The van der Waals surface area contributed by atoms with E-state index in [9.17, 15) is 4.79 Å². The van der Waals surface area contributed by atoms with E-state index < -0.39 is 5.54 Å². The minimum atomic E-state index is -0.640. The van der Waals surface area contributed by atoms with Crippen LogP contribution in [-0.4, -0.2) is 28.8 Å². The zero-order chi connectivity index (χ0) is 16.8. The van der Waals surface area contributed by atoms with Crippen molar-refractivity contribution in [1.82, 2.24) is 9.88 Å². The van der Waals surface area contributed by atoms with Crippen LogP contribution >= 0.6 is 43.2 Å². The molecule has 2 aromatic heterocycles. The minimum Gasteiger partial charge on any atom is -0.369 e. The number of hydrogen-bond acceptors (Lipinski definition) is 5. The molecule has 0 aromatic carbocycles. The molecule has 2 N–H and O–H groups in total. The van der Waals surface area contributed by atoms with E-state index >= 15 is 0 Å². The van der Waals surface area contributed by atoms with Gasteiger partial charge in [0.1, 0.15) is 5.54 Å². The number of hydrogen-bond donors (Lipinski definition) is 1. The Balaban J connectivity index is 2.06. The zero-order valence-electron chi connectivity index (χ0n) is 12.5. The number of aromatic nitrogens is 1. The number of thiophene rings is 1. The van der Waals surface area contributed by atoms with Gasteiger partial charge in [0.05, 0.1) is 11.3 Å². The number of halogens is 2. The second-order valence-electron chi connectivity index (χ2n) is 5.55. The summed E-state index contributed by atoms with van der Waals surface area (Å²) in [5, 5.41) is 0. The lowest BCUT2D eigenvalue weighted by Gasteiger charge is -2.32. The fraction of sp³-hybridized carbons (Fsp3) is 0.267. The van der Waals surface area contributed by atoms with E-state index in [4.69, 9.17) is 5.73 Å². The molecule has 1 amide bonds. The fourth-order valence-corrected chi connectivity index (χ4v) is 4.75.